The van der Waals surface area contributed by atoms with Gasteiger partial charge in [-0.25, -0.2) is 4.79 Å². The minimum atomic E-state index is -0.495. The largest absolute Gasteiger partial charge is 0.506 e. The second-order valence-corrected chi connectivity index (χ2v) is 7.78. The lowest BCUT2D eigenvalue weighted by molar-refractivity contribution is 0.0523. The summed E-state index contributed by atoms with van der Waals surface area (Å²) in [5.74, 6) is 0.184. The number of halogens is 2. The number of rotatable bonds is 5. The molecule has 0 saturated carbocycles. The zero-order valence-corrected chi connectivity index (χ0v) is 16.3. The van der Waals surface area contributed by atoms with Crippen LogP contribution in [0.15, 0.2) is 21.1 Å². The van der Waals surface area contributed by atoms with Gasteiger partial charge < -0.3 is 20.5 Å². The molecule has 22 heavy (non-hydrogen) atoms. The van der Waals surface area contributed by atoms with E-state index in [9.17, 15) is 9.90 Å². The molecule has 0 bridgehead atoms. The topological polar surface area (TPSA) is 70.6 Å². The van der Waals surface area contributed by atoms with E-state index < -0.39 is 11.7 Å². The number of amides is 1. The van der Waals surface area contributed by atoms with Gasteiger partial charge in [0.1, 0.15) is 11.4 Å². The minimum Gasteiger partial charge on any atom is -0.506 e. The molecule has 0 aromatic heterocycles. The Balaban J connectivity index is 2.40. The van der Waals surface area contributed by atoms with Crippen molar-refractivity contribution < 1.29 is 14.6 Å². The summed E-state index contributed by atoms with van der Waals surface area (Å²) in [5, 5.41) is 15.7. The molecule has 0 spiro atoms. The van der Waals surface area contributed by atoms with Gasteiger partial charge in [0.2, 0.25) is 0 Å². The molecule has 1 aromatic rings. The van der Waals surface area contributed by atoms with Crippen LogP contribution in [0.1, 0.15) is 33.3 Å². The average molecular weight is 438 g/mol. The summed E-state index contributed by atoms with van der Waals surface area (Å²) >= 11 is 6.60. The van der Waals surface area contributed by atoms with Crippen molar-refractivity contribution in [1.82, 2.24) is 10.6 Å². The molecule has 3 N–H and O–H groups in total. The third-order valence-electron chi connectivity index (χ3n) is 2.68. The van der Waals surface area contributed by atoms with Crippen LogP contribution < -0.4 is 10.6 Å². The lowest BCUT2D eigenvalue weighted by Crippen LogP contribution is -2.41. The van der Waals surface area contributed by atoms with E-state index in [0.29, 0.717) is 22.0 Å². The third kappa shape index (κ3) is 6.98. The van der Waals surface area contributed by atoms with Gasteiger partial charge in [-0.1, -0.05) is 0 Å². The molecule has 0 aliphatic heterocycles. The van der Waals surface area contributed by atoms with E-state index in [4.69, 9.17) is 4.74 Å². The molecule has 0 aliphatic carbocycles. The van der Waals surface area contributed by atoms with Gasteiger partial charge in [0.25, 0.3) is 0 Å². The molecule has 0 saturated heterocycles. The summed E-state index contributed by atoms with van der Waals surface area (Å²) in [6.45, 7) is 8.55. The zero-order chi connectivity index (χ0) is 16.9. The van der Waals surface area contributed by atoms with Crippen molar-refractivity contribution in [3.63, 3.8) is 0 Å². The van der Waals surface area contributed by atoms with Gasteiger partial charge in [0, 0.05) is 19.1 Å². The number of benzene rings is 1. The van der Waals surface area contributed by atoms with Gasteiger partial charge in [-0.3, -0.25) is 0 Å². The van der Waals surface area contributed by atoms with Gasteiger partial charge >= 0.3 is 6.09 Å². The molecule has 1 amide bonds. The Kier molecular flexibility index (Phi) is 7.15. The van der Waals surface area contributed by atoms with Crippen LogP contribution in [0.4, 0.5) is 4.79 Å². The molecule has 0 aliphatic rings. The monoisotopic (exact) mass is 436 g/mol. The number of hydrogen-bond donors (Lipinski definition) is 3. The smallest absolute Gasteiger partial charge is 0.407 e. The van der Waals surface area contributed by atoms with E-state index in [2.05, 4.69) is 42.5 Å². The number of aromatic hydroxyl groups is 1. The van der Waals surface area contributed by atoms with Gasteiger partial charge in [-0.15, -0.1) is 0 Å². The summed E-state index contributed by atoms with van der Waals surface area (Å²) in [4.78, 5) is 11.6. The van der Waals surface area contributed by atoms with Crippen molar-refractivity contribution in [3.05, 3.63) is 26.6 Å². The number of carbonyl (C=O) groups excluding carboxylic acids is 1. The van der Waals surface area contributed by atoms with Gasteiger partial charge in [0.15, 0.2) is 0 Å². The van der Waals surface area contributed by atoms with Crippen LogP contribution in [-0.2, 0) is 11.3 Å². The fourth-order valence-electron chi connectivity index (χ4n) is 1.63. The van der Waals surface area contributed by atoms with Crippen LogP contribution in [0.5, 0.6) is 5.75 Å². The molecule has 1 unspecified atom stereocenters. The Morgan fingerprint density at radius 1 is 1.32 bits per heavy atom. The van der Waals surface area contributed by atoms with E-state index >= 15 is 0 Å². The second-order valence-electron chi connectivity index (χ2n) is 6.07. The van der Waals surface area contributed by atoms with E-state index in [0.717, 1.165) is 5.56 Å². The molecule has 0 fully saturated rings. The van der Waals surface area contributed by atoms with Crippen molar-refractivity contribution in [2.45, 2.75) is 45.9 Å². The number of ether oxygens (including phenoxy) is 1. The van der Waals surface area contributed by atoms with Crippen molar-refractivity contribution in [1.29, 1.82) is 0 Å². The molecular weight excluding hydrogens is 416 g/mol. The van der Waals surface area contributed by atoms with E-state index in [1.807, 2.05) is 39.8 Å². The Labute approximate surface area is 148 Å². The van der Waals surface area contributed by atoms with E-state index in [-0.39, 0.29) is 11.8 Å². The Bertz CT molecular complexity index is 507. The fraction of sp³-hybridized carbons (Fsp3) is 0.533. The first-order valence-electron chi connectivity index (χ1n) is 6.95. The molecule has 5 nitrogen and oxygen atoms in total. The van der Waals surface area contributed by atoms with Crippen molar-refractivity contribution >= 4 is 38.0 Å². The zero-order valence-electron chi connectivity index (χ0n) is 13.2. The number of nitrogens with one attached hydrogen (secondary N) is 2. The molecule has 1 aromatic carbocycles. The average Bonchev–Trinajstić information content (AvgIpc) is 2.38. The third-order valence-corrected chi connectivity index (χ3v) is 3.89. The Hall–Kier alpha value is -0.790. The van der Waals surface area contributed by atoms with Crippen LogP contribution >= 0.6 is 31.9 Å². The minimum absolute atomic E-state index is 0.0823. The van der Waals surface area contributed by atoms with Gasteiger partial charge in [0.05, 0.1) is 8.95 Å². The first kappa shape index (κ1) is 19.3. The second kappa shape index (κ2) is 8.17. The summed E-state index contributed by atoms with van der Waals surface area (Å²) < 4.78 is 6.45. The Morgan fingerprint density at radius 3 is 2.36 bits per heavy atom. The van der Waals surface area contributed by atoms with Crippen LogP contribution in [0.25, 0.3) is 0 Å². The highest BCUT2D eigenvalue weighted by Crippen LogP contribution is 2.33. The molecule has 1 rings (SSSR count). The maximum Gasteiger partial charge on any atom is 0.407 e. The highest BCUT2D eigenvalue weighted by molar-refractivity contribution is 9.11. The maximum absolute atomic E-state index is 11.6. The standard InChI is InChI=1S/C15H22Br2N2O3/c1-9(7-19-14(21)22-15(2,3)4)18-8-10-5-11(16)13(20)12(17)6-10/h5-6,9,18,20H,7-8H2,1-4H3,(H,19,21). The fourth-order valence-corrected chi connectivity index (χ4v) is 2.92. The number of phenolic OH excluding ortho intramolecular Hbond substituents is 1. The molecule has 0 heterocycles. The maximum atomic E-state index is 11.6. The normalized spacial score (nSPS) is 12.8. The molecule has 0 radical (unpaired) electrons. The van der Waals surface area contributed by atoms with E-state index in [1.54, 1.807) is 0 Å². The van der Waals surface area contributed by atoms with E-state index in [1.165, 1.54) is 0 Å². The molecular formula is C15H22Br2N2O3. The number of carbonyl (C=O) groups is 1. The predicted molar refractivity (Wildman–Crippen MR) is 94.0 cm³/mol. The van der Waals surface area contributed by atoms with Crippen molar-refractivity contribution in [2.24, 2.45) is 0 Å². The first-order valence-corrected chi connectivity index (χ1v) is 8.54. The van der Waals surface area contributed by atoms with Crippen molar-refractivity contribution in [2.75, 3.05) is 6.54 Å². The molecule has 1 atom stereocenters. The summed E-state index contributed by atoms with van der Waals surface area (Å²) in [5.41, 5.74) is 0.520. The van der Waals surface area contributed by atoms with Gasteiger partial charge in [-0.05, 0) is 77.3 Å². The SMILES string of the molecule is CC(CNC(=O)OC(C)(C)C)NCc1cc(Br)c(O)c(Br)c1. The first-order chi connectivity index (χ1) is 10.1. The summed E-state index contributed by atoms with van der Waals surface area (Å²) in [6.07, 6.45) is -0.420. The van der Waals surface area contributed by atoms with Crippen LogP contribution in [0.3, 0.4) is 0 Å². The number of phenols is 1. The summed E-state index contributed by atoms with van der Waals surface area (Å²) in [7, 11) is 0. The molecule has 124 valence electrons. The van der Waals surface area contributed by atoms with Gasteiger partial charge in [-0.2, -0.15) is 0 Å². The van der Waals surface area contributed by atoms with Crippen LogP contribution in [-0.4, -0.2) is 29.4 Å². The quantitative estimate of drug-likeness (QED) is 0.652. The highest BCUT2D eigenvalue weighted by atomic mass is 79.9. The van der Waals surface area contributed by atoms with Crippen molar-refractivity contribution in [3.8, 4) is 5.75 Å². The summed E-state index contributed by atoms with van der Waals surface area (Å²) in [6, 6.07) is 3.78. The van der Waals surface area contributed by atoms with Crippen LogP contribution in [0.2, 0.25) is 0 Å². The predicted octanol–water partition coefficient (Wildman–Crippen LogP) is 3.92. The molecule has 7 heteroatoms. The highest BCUT2D eigenvalue weighted by Gasteiger charge is 2.16. The number of alkyl carbamates (subject to hydrolysis) is 1. The van der Waals surface area contributed by atoms with Crippen LogP contribution in [0, 0.1) is 0 Å². The number of hydrogen-bond acceptors (Lipinski definition) is 4. The Morgan fingerprint density at radius 2 is 1.86 bits per heavy atom. The lowest BCUT2D eigenvalue weighted by atomic mass is 10.2. The lowest BCUT2D eigenvalue weighted by Gasteiger charge is -2.21.